The van der Waals surface area contributed by atoms with Gasteiger partial charge in [-0.3, -0.25) is 4.79 Å². The molecule has 0 atom stereocenters. The van der Waals surface area contributed by atoms with Gasteiger partial charge in [-0.25, -0.2) is 8.42 Å². The maximum absolute atomic E-state index is 12.6. The van der Waals surface area contributed by atoms with Crippen molar-refractivity contribution in [2.75, 3.05) is 30.2 Å². The van der Waals surface area contributed by atoms with E-state index in [1.165, 1.54) is 28.6 Å². The normalized spacial score (nSPS) is 11.5. The van der Waals surface area contributed by atoms with Crippen molar-refractivity contribution in [2.45, 2.75) is 4.90 Å². The number of rotatable bonds is 8. The molecule has 0 aromatic heterocycles. The van der Waals surface area contributed by atoms with Gasteiger partial charge in [-0.1, -0.05) is 15.9 Å². The molecule has 0 unspecified atom stereocenters. The van der Waals surface area contributed by atoms with E-state index in [4.69, 9.17) is 23.2 Å². The molecule has 0 aliphatic carbocycles. The van der Waals surface area contributed by atoms with Crippen LogP contribution in [0.5, 0.6) is 0 Å². The summed E-state index contributed by atoms with van der Waals surface area (Å²) in [5, 5.41) is 2.75. The van der Waals surface area contributed by atoms with Gasteiger partial charge in [0.15, 0.2) is 0 Å². The first-order chi connectivity index (χ1) is 12.4. The van der Waals surface area contributed by atoms with Gasteiger partial charge < -0.3 is 5.32 Å². The fraction of sp³-hybridized carbons (Fsp3) is 0.235. The Morgan fingerprint density at radius 3 is 2.00 bits per heavy atom. The number of hydrogen-bond donors (Lipinski definition) is 1. The highest BCUT2D eigenvalue weighted by Crippen LogP contribution is 2.18. The molecule has 0 fully saturated rings. The molecule has 0 saturated heterocycles. The molecule has 140 valence electrons. The summed E-state index contributed by atoms with van der Waals surface area (Å²) in [7, 11) is -3.70. The van der Waals surface area contributed by atoms with Crippen LogP contribution < -0.4 is 5.32 Å². The molecule has 0 radical (unpaired) electrons. The van der Waals surface area contributed by atoms with Crippen LogP contribution in [0.1, 0.15) is 10.4 Å². The Balaban J connectivity index is 2.16. The number of nitrogens with zero attached hydrogens (tertiary/aromatic N) is 1. The van der Waals surface area contributed by atoms with Crippen molar-refractivity contribution in [1.29, 1.82) is 0 Å². The second-order valence-electron chi connectivity index (χ2n) is 5.27. The summed E-state index contributed by atoms with van der Waals surface area (Å²) in [5.74, 6) is 0.0165. The summed E-state index contributed by atoms with van der Waals surface area (Å²) in [4.78, 5) is 12.4. The predicted octanol–water partition coefficient (Wildman–Crippen LogP) is 4.17. The van der Waals surface area contributed by atoms with Crippen molar-refractivity contribution >= 4 is 60.7 Å². The third kappa shape index (κ3) is 5.44. The maximum Gasteiger partial charge on any atom is 0.255 e. The van der Waals surface area contributed by atoms with E-state index < -0.39 is 10.0 Å². The minimum Gasteiger partial charge on any atom is -0.322 e. The fourth-order valence-corrected chi connectivity index (χ4v) is 4.52. The third-order valence-corrected chi connectivity index (χ3v) is 6.30. The Morgan fingerprint density at radius 1 is 0.962 bits per heavy atom. The van der Waals surface area contributed by atoms with Crippen LogP contribution in [0, 0.1) is 0 Å². The zero-order valence-electron chi connectivity index (χ0n) is 13.7. The van der Waals surface area contributed by atoms with E-state index in [1.54, 1.807) is 12.1 Å². The van der Waals surface area contributed by atoms with E-state index in [2.05, 4.69) is 21.2 Å². The van der Waals surface area contributed by atoms with Crippen molar-refractivity contribution in [2.24, 2.45) is 0 Å². The average molecular weight is 480 g/mol. The fourth-order valence-electron chi connectivity index (χ4n) is 2.20. The topological polar surface area (TPSA) is 66.5 Å². The molecule has 2 aromatic carbocycles. The van der Waals surface area contributed by atoms with Crippen molar-refractivity contribution in [3.8, 4) is 0 Å². The molecule has 0 spiro atoms. The maximum atomic E-state index is 12.6. The Labute approximate surface area is 171 Å². The van der Waals surface area contributed by atoms with Crippen LogP contribution in [0.25, 0.3) is 0 Å². The number of halogens is 3. The molecule has 0 saturated carbocycles. The van der Waals surface area contributed by atoms with E-state index in [0.717, 1.165) is 4.47 Å². The van der Waals surface area contributed by atoms with Crippen molar-refractivity contribution in [3.63, 3.8) is 0 Å². The van der Waals surface area contributed by atoms with Crippen LogP contribution in [-0.2, 0) is 10.0 Å². The van der Waals surface area contributed by atoms with E-state index in [-0.39, 0.29) is 35.7 Å². The lowest BCUT2D eigenvalue weighted by atomic mass is 10.2. The zero-order chi connectivity index (χ0) is 19.2. The molecule has 26 heavy (non-hydrogen) atoms. The Kier molecular flexibility index (Phi) is 7.91. The molecule has 1 N–H and O–H groups in total. The minimum absolute atomic E-state index is 0.0907. The van der Waals surface area contributed by atoms with Crippen LogP contribution in [0.4, 0.5) is 5.69 Å². The monoisotopic (exact) mass is 478 g/mol. The summed E-state index contributed by atoms with van der Waals surface area (Å²) in [5.41, 5.74) is 0.999. The summed E-state index contributed by atoms with van der Waals surface area (Å²) < 4.78 is 27.4. The average Bonchev–Trinajstić information content (AvgIpc) is 2.63. The van der Waals surface area contributed by atoms with Gasteiger partial charge in [0, 0.05) is 40.6 Å². The second kappa shape index (κ2) is 9.71. The van der Waals surface area contributed by atoms with Gasteiger partial charge in [0.05, 0.1) is 4.90 Å². The van der Waals surface area contributed by atoms with Crippen molar-refractivity contribution in [3.05, 3.63) is 58.6 Å². The first-order valence-corrected chi connectivity index (χ1v) is 11.0. The lowest BCUT2D eigenvalue weighted by Gasteiger charge is -2.20. The molecule has 0 bridgehead atoms. The number of amides is 1. The predicted molar refractivity (Wildman–Crippen MR) is 109 cm³/mol. The van der Waals surface area contributed by atoms with Crippen LogP contribution in [-0.4, -0.2) is 43.5 Å². The summed E-state index contributed by atoms with van der Waals surface area (Å²) in [6.07, 6.45) is 0. The standard InChI is InChI=1S/C17H17BrCl2N2O3S/c18-14-3-5-15(6-4-14)21-17(23)13-1-7-16(8-2-13)26(24,25)22(11-9-19)12-10-20/h1-8H,9-12H2,(H,21,23). The van der Waals surface area contributed by atoms with Crippen LogP contribution in [0.3, 0.4) is 0 Å². The number of nitrogens with one attached hydrogen (secondary N) is 1. The number of carbonyl (C=O) groups is 1. The Morgan fingerprint density at radius 2 is 1.50 bits per heavy atom. The highest BCUT2D eigenvalue weighted by atomic mass is 79.9. The molecule has 5 nitrogen and oxygen atoms in total. The van der Waals surface area contributed by atoms with Gasteiger partial charge in [0.1, 0.15) is 0 Å². The molecular weight excluding hydrogens is 463 g/mol. The molecule has 9 heteroatoms. The Hall–Kier alpha value is -1.12. The molecule has 0 aliphatic heterocycles. The lowest BCUT2D eigenvalue weighted by molar-refractivity contribution is 0.102. The number of hydrogen-bond acceptors (Lipinski definition) is 3. The molecular formula is C17H17BrCl2N2O3S. The summed E-state index contributed by atoms with van der Waals surface area (Å²) in [6, 6.07) is 12.9. The number of carbonyl (C=O) groups excluding carboxylic acids is 1. The minimum atomic E-state index is -3.70. The highest BCUT2D eigenvalue weighted by molar-refractivity contribution is 9.10. The van der Waals surface area contributed by atoms with E-state index in [1.807, 2.05) is 12.1 Å². The second-order valence-corrected chi connectivity index (χ2v) is 8.88. The van der Waals surface area contributed by atoms with Gasteiger partial charge >= 0.3 is 0 Å². The van der Waals surface area contributed by atoms with Gasteiger partial charge in [0.25, 0.3) is 5.91 Å². The van der Waals surface area contributed by atoms with E-state index in [9.17, 15) is 13.2 Å². The smallest absolute Gasteiger partial charge is 0.255 e. The number of anilines is 1. The SMILES string of the molecule is O=C(Nc1ccc(Br)cc1)c1ccc(S(=O)(=O)N(CCCl)CCCl)cc1. The first-order valence-electron chi connectivity index (χ1n) is 7.67. The quantitative estimate of drug-likeness (QED) is 0.577. The molecule has 0 heterocycles. The summed E-state index contributed by atoms with van der Waals surface area (Å²) >= 11 is 14.7. The van der Waals surface area contributed by atoms with Crippen molar-refractivity contribution in [1.82, 2.24) is 4.31 Å². The van der Waals surface area contributed by atoms with Crippen LogP contribution in [0.15, 0.2) is 57.9 Å². The van der Waals surface area contributed by atoms with Crippen LogP contribution in [0.2, 0.25) is 0 Å². The number of alkyl halides is 2. The van der Waals surface area contributed by atoms with Crippen molar-refractivity contribution < 1.29 is 13.2 Å². The largest absolute Gasteiger partial charge is 0.322 e. The highest BCUT2D eigenvalue weighted by Gasteiger charge is 2.23. The lowest BCUT2D eigenvalue weighted by Crippen LogP contribution is -2.34. The first kappa shape index (κ1) is 21.2. The van der Waals surface area contributed by atoms with E-state index in [0.29, 0.717) is 11.3 Å². The number of sulfonamides is 1. The molecule has 1 amide bonds. The van der Waals surface area contributed by atoms with Gasteiger partial charge in [-0.05, 0) is 48.5 Å². The third-order valence-electron chi connectivity index (χ3n) is 3.52. The van der Waals surface area contributed by atoms with Gasteiger partial charge in [0.2, 0.25) is 10.0 Å². The van der Waals surface area contributed by atoms with Crippen LogP contribution >= 0.6 is 39.1 Å². The molecule has 2 aromatic rings. The van der Waals surface area contributed by atoms with Gasteiger partial charge in [-0.15, -0.1) is 23.2 Å². The van der Waals surface area contributed by atoms with Gasteiger partial charge in [-0.2, -0.15) is 4.31 Å². The Bertz CT molecular complexity index is 837. The molecule has 0 aliphatic rings. The molecule has 2 rings (SSSR count). The zero-order valence-corrected chi connectivity index (χ0v) is 17.6. The summed E-state index contributed by atoms with van der Waals surface area (Å²) in [6.45, 7) is 0.338. The van der Waals surface area contributed by atoms with E-state index >= 15 is 0 Å². The number of benzene rings is 2.